The van der Waals surface area contributed by atoms with Crippen molar-refractivity contribution in [2.45, 2.75) is 18.9 Å². The molecule has 106 valence electrons. The van der Waals surface area contributed by atoms with Gasteiger partial charge in [0.05, 0.1) is 18.1 Å². The Labute approximate surface area is 115 Å². The van der Waals surface area contributed by atoms with Crippen LogP contribution in [-0.2, 0) is 9.84 Å². The zero-order chi connectivity index (χ0) is 13.7. The molecular weight excluding hydrogens is 262 g/mol. The Balaban J connectivity index is 1.66. The summed E-state index contributed by atoms with van der Waals surface area (Å²) < 4.78 is 28.4. The molecule has 0 radical (unpaired) electrons. The molecule has 1 aliphatic heterocycles. The summed E-state index contributed by atoms with van der Waals surface area (Å²) in [5.74, 6) is 1.53. The zero-order valence-electron chi connectivity index (χ0n) is 11.3. The summed E-state index contributed by atoms with van der Waals surface area (Å²) in [5.41, 5.74) is 0. The van der Waals surface area contributed by atoms with E-state index in [1.165, 1.54) is 0 Å². The summed E-state index contributed by atoms with van der Waals surface area (Å²) in [6.45, 7) is 1.53. The smallest absolute Gasteiger partial charge is 0.151 e. The molecule has 1 atom stereocenters. The van der Waals surface area contributed by atoms with Crippen LogP contribution in [0.25, 0.3) is 0 Å². The van der Waals surface area contributed by atoms with Crippen LogP contribution in [0.2, 0.25) is 0 Å². The van der Waals surface area contributed by atoms with E-state index in [9.17, 15) is 8.42 Å². The number of nitrogens with zero attached hydrogens (tertiary/aromatic N) is 1. The van der Waals surface area contributed by atoms with Gasteiger partial charge in [-0.1, -0.05) is 18.2 Å². The lowest BCUT2D eigenvalue weighted by molar-refractivity contribution is 0.227. The van der Waals surface area contributed by atoms with Crippen LogP contribution in [0.5, 0.6) is 5.75 Å². The van der Waals surface area contributed by atoms with Crippen molar-refractivity contribution in [2.75, 3.05) is 31.7 Å². The molecule has 1 aliphatic rings. The maximum atomic E-state index is 11.4. The quantitative estimate of drug-likeness (QED) is 0.744. The first-order valence-corrected chi connectivity index (χ1v) is 8.47. The van der Waals surface area contributed by atoms with E-state index in [0.29, 0.717) is 18.1 Å². The molecule has 1 aromatic rings. The predicted molar refractivity (Wildman–Crippen MR) is 76.2 cm³/mol. The predicted octanol–water partition coefficient (Wildman–Crippen LogP) is 1.57. The summed E-state index contributed by atoms with van der Waals surface area (Å²) in [7, 11) is -0.793. The standard InChI is InChI=1S/C14H21NO3S/c1-15(13-8-11-19(16,17)12-13)9-5-10-18-14-6-3-2-4-7-14/h2-4,6-7,13H,5,8-12H2,1H3/t13-/m0/s1. The van der Waals surface area contributed by atoms with Crippen molar-refractivity contribution in [1.29, 1.82) is 0 Å². The third-order valence-corrected chi connectivity index (χ3v) is 5.25. The molecule has 1 aromatic carbocycles. The number of hydrogen-bond acceptors (Lipinski definition) is 4. The van der Waals surface area contributed by atoms with Crippen LogP contribution >= 0.6 is 0 Å². The number of sulfone groups is 1. The molecule has 19 heavy (non-hydrogen) atoms. The minimum absolute atomic E-state index is 0.182. The SMILES string of the molecule is CN(CCCOc1ccccc1)[C@H]1CCS(=O)(=O)C1. The second-order valence-electron chi connectivity index (χ2n) is 5.05. The highest BCUT2D eigenvalue weighted by molar-refractivity contribution is 7.91. The Morgan fingerprint density at radius 1 is 1.32 bits per heavy atom. The first-order valence-electron chi connectivity index (χ1n) is 6.65. The third-order valence-electron chi connectivity index (χ3n) is 3.50. The van der Waals surface area contributed by atoms with Gasteiger partial charge >= 0.3 is 0 Å². The molecule has 0 spiro atoms. The van der Waals surface area contributed by atoms with E-state index in [1.54, 1.807) is 0 Å². The van der Waals surface area contributed by atoms with Gasteiger partial charge in [0.1, 0.15) is 5.75 Å². The molecule has 0 saturated carbocycles. The van der Waals surface area contributed by atoms with Crippen molar-refractivity contribution in [1.82, 2.24) is 4.90 Å². The topological polar surface area (TPSA) is 46.6 Å². The number of benzene rings is 1. The van der Waals surface area contributed by atoms with E-state index in [0.717, 1.165) is 25.1 Å². The molecule has 1 heterocycles. The Morgan fingerprint density at radius 3 is 2.68 bits per heavy atom. The summed E-state index contributed by atoms with van der Waals surface area (Å²) in [6, 6.07) is 9.92. The van der Waals surface area contributed by atoms with E-state index in [1.807, 2.05) is 37.4 Å². The highest BCUT2D eigenvalue weighted by Gasteiger charge is 2.30. The largest absolute Gasteiger partial charge is 0.494 e. The number of hydrogen-bond donors (Lipinski definition) is 0. The number of ether oxygens (including phenoxy) is 1. The van der Waals surface area contributed by atoms with E-state index in [4.69, 9.17) is 4.74 Å². The third kappa shape index (κ3) is 4.51. The first-order chi connectivity index (χ1) is 9.07. The molecule has 0 unspecified atom stereocenters. The van der Waals surface area contributed by atoms with Crippen LogP contribution in [0.1, 0.15) is 12.8 Å². The molecule has 4 nitrogen and oxygen atoms in total. The van der Waals surface area contributed by atoms with Gasteiger partial charge in [-0.05, 0) is 32.0 Å². The lowest BCUT2D eigenvalue weighted by atomic mass is 10.2. The van der Waals surface area contributed by atoms with Gasteiger partial charge in [-0.3, -0.25) is 0 Å². The van der Waals surface area contributed by atoms with Gasteiger partial charge in [-0.2, -0.15) is 0 Å². The van der Waals surface area contributed by atoms with Crippen LogP contribution in [0.4, 0.5) is 0 Å². The lowest BCUT2D eigenvalue weighted by Gasteiger charge is -2.22. The van der Waals surface area contributed by atoms with Gasteiger partial charge in [0.2, 0.25) is 0 Å². The minimum Gasteiger partial charge on any atom is -0.494 e. The number of para-hydroxylation sites is 1. The van der Waals surface area contributed by atoms with Crippen molar-refractivity contribution < 1.29 is 13.2 Å². The van der Waals surface area contributed by atoms with Gasteiger partial charge < -0.3 is 9.64 Å². The Morgan fingerprint density at radius 2 is 2.05 bits per heavy atom. The Bertz CT molecular complexity index is 487. The molecule has 0 aliphatic carbocycles. The van der Waals surface area contributed by atoms with Gasteiger partial charge in [-0.25, -0.2) is 8.42 Å². The highest BCUT2D eigenvalue weighted by atomic mass is 32.2. The van der Waals surface area contributed by atoms with E-state index >= 15 is 0 Å². The molecule has 5 heteroatoms. The fourth-order valence-corrected chi connectivity index (χ4v) is 4.13. The molecule has 1 fully saturated rings. The maximum absolute atomic E-state index is 11.4. The van der Waals surface area contributed by atoms with E-state index in [2.05, 4.69) is 4.90 Å². The van der Waals surface area contributed by atoms with Crippen molar-refractivity contribution in [2.24, 2.45) is 0 Å². The monoisotopic (exact) mass is 283 g/mol. The van der Waals surface area contributed by atoms with E-state index < -0.39 is 9.84 Å². The first kappa shape index (κ1) is 14.3. The Hall–Kier alpha value is -1.07. The molecular formula is C14H21NO3S. The van der Waals surface area contributed by atoms with Crippen LogP contribution < -0.4 is 4.74 Å². The van der Waals surface area contributed by atoms with E-state index in [-0.39, 0.29) is 6.04 Å². The average molecular weight is 283 g/mol. The van der Waals surface area contributed by atoms with Crippen LogP contribution in [0.3, 0.4) is 0 Å². The highest BCUT2D eigenvalue weighted by Crippen LogP contribution is 2.16. The van der Waals surface area contributed by atoms with Crippen molar-refractivity contribution in [3.05, 3.63) is 30.3 Å². The normalized spacial score (nSPS) is 21.7. The Kier molecular flexibility index (Phi) is 4.82. The van der Waals surface area contributed by atoms with Crippen molar-refractivity contribution in [3.63, 3.8) is 0 Å². The molecule has 2 rings (SSSR count). The summed E-state index contributed by atoms with van der Waals surface area (Å²) in [4.78, 5) is 2.14. The van der Waals surface area contributed by atoms with Crippen LogP contribution in [-0.4, -0.2) is 51.1 Å². The minimum atomic E-state index is -2.79. The lowest BCUT2D eigenvalue weighted by Crippen LogP contribution is -2.34. The van der Waals surface area contributed by atoms with Gasteiger partial charge in [0, 0.05) is 12.6 Å². The van der Waals surface area contributed by atoms with Crippen LogP contribution in [0.15, 0.2) is 30.3 Å². The second-order valence-corrected chi connectivity index (χ2v) is 7.28. The molecule has 0 bridgehead atoms. The summed E-state index contributed by atoms with van der Waals surface area (Å²) >= 11 is 0. The molecule has 1 saturated heterocycles. The summed E-state index contributed by atoms with van der Waals surface area (Å²) in [6.07, 6.45) is 1.67. The number of rotatable bonds is 6. The molecule has 0 aromatic heterocycles. The maximum Gasteiger partial charge on any atom is 0.151 e. The molecule has 0 N–H and O–H groups in total. The van der Waals surface area contributed by atoms with Gasteiger partial charge in [0.15, 0.2) is 9.84 Å². The van der Waals surface area contributed by atoms with Crippen molar-refractivity contribution in [3.8, 4) is 5.75 Å². The van der Waals surface area contributed by atoms with Crippen molar-refractivity contribution >= 4 is 9.84 Å². The second kappa shape index (κ2) is 6.39. The zero-order valence-corrected chi connectivity index (χ0v) is 12.1. The van der Waals surface area contributed by atoms with Gasteiger partial charge in [-0.15, -0.1) is 0 Å². The molecule has 0 amide bonds. The van der Waals surface area contributed by atoms with Gasteiger partial charge in [0.25, 0.3) is 0 Å². The fraction of sp³-hybridized carbons (Fsp3) is 0.571. The average Bonchev–Trinajstić information content (AvgIpc) is 2.76. The van der Waals surface area contributed by atoms with Crippen LogP contribution in [0, 0.1) is 0 Å². The fourth-order valence-electron chi connectivity index (χ4n) is 2.33. The summed E-state index contributed by atoms with van der Waals surface area (Å²) in [5, 5.41) is 0.